The van der Waals surface area contributed by atoms with Gasteiger partial charge in [-0.15, -0.1) is 0 Å². The first-order valence-electron chi connectivity index (χ1n) is 14.7. The smallest absolute Gasteiger partial charge is 0.220 e. The maximum absolute atomic E-state index is 11.7. The van der Waals surface area contributed by atoms with Crippen LogP contribution in [0.15, 0.2) is 91.3 Å². The molecule has 2 heterocycles. The van der Waals surface area contributed by atoms with Crippen molar-refractivity contribution in [3.63, 3.8) is 0 Å². The van der Waals surface area contributed by atoms with Crippen molar-refractivity contribution < 1.29 is 9.90 Å². The number of carbonyl (C=O) groups excluding carboxylic acids is 1. The molecular formula is C35H37N5O2. The summed E-state index contributed by atoms with van der Waals surface area (Å²) >= 11 is 0. The van der Waals surface area contributed by atoms with Crippen LogP contribution in [-0.2, 0) is 17.8 Å². The third kappa shape index (κ3) is 5.40. The molecule has 0 bridgehead atoms. The molecule has 0 spiro atoms. The molecular weight excluding hydrogens is 522 g/mol. The van der Waals surface area contributed by atoms with E-state index in [4.69, 9.17) is 10.7 Å². The van der Waals surface area contributed by atoms with E-state index in [1.165, 1.54) is 0 Å². The number of nitrogens with zero attached hydrogens (tertiary/aromatic N) is 3. The number of fused-ring (bicyclic) bond motifs is 1. The average Bonchev–Trinajstić information content (AvgIpc) is 3.33. The second-order valence-corrected chi connectivity index (χ2v) is 11.5. The van der Waals surface area contributed by atoms with E-state index in [1.54, 1.807) is 0 Å². The molecule has 6 rings (SSSR count). The molecule has 5 aromatic rings. The number of nitrogens with two attached hydrogens (primary N) is 1. The van der Waals surface area contributed by atoms with Crippen LogP contribution in [0.2, 0.25) is 0 Å². The largest absolute Gasteiger partial charge is 0.393 e. The highest BCUT2D eigenvalue weighted by Crippen LogP contribution is 2.40. The minimum Gasteiger partial charge on any atom is -0.393 e. The van der Waals surface area contributed by atoms with Crippen LogP contribution in [-0.4, -0.2) is 31.2 Å². The van der Waals surface area contributed by atoms with Crippen molar-refractivity contribution in [3.05, 3.63) is 108 Å². The number of aliphatic hydroxyl groups excluding tert-OH is 1. The Bertz CT molecular complexity index is 1770. The number of rotatable bonds is 8. The third-order valence-electron chi connectivity index (χ3n) is 8.56. The zero-order chi connectivity index (χ0) is 29.2. The number of hydrogen-bond donors (Lipinski definition) is 3. The Hall–Kier alpha value is -4.49. The molecule has 4 N–H and O–H groups in total. The normalized spacial score (nSPS) is 17.8. The predicted molar refractivity (Wildman–Crippen MR) is 166 cm³/mol. The van der Waals surface area contributed by atoms with Gasteiger partial charge in [0.15, 0.2) is 0 Å². The Labute approximate surface area is 245 Å². The molecule has 1 saturated carbocycles. The second-order valence-electron chi connectivity index (χ2n) is 11.5. The molecule has 214 valence electrons. The van der Waals surface area contributed by atoms with Crippen LogP contribution in [0.3, 0.4) is 0 Å². The Kier molecular flexibility index (Phi) is 7.76. The van der Waals surface area contributed by atoms with Gasteiger partial charge in [0, 0.05) is 24.1 Å². The summed E-state index contributed by atoms with van der Waals surface area (Å²) in [6.45, 7) is 2.41. The number of benzene rings is 3. The van der Waals surface area contributed by atoms with Crippen molar-refractivity contribution in [2.45, 2.75) is 57.7 Å². The molecule has 7 nitrogen and oxygen atoms in total. The quantitative estimate of drug-likeness (QED) is 0.222. The van der Waals surface area contributed by atoms with Crippen LogP contribution in [0.4, 0.5) is 0 Å². The Morgan fingerprint density at radius 2 is 1.60 bits per heavy atom. The highest BCUT2D eigenvalue weighted by atomic mass is 16.3. The monoisotopic (exact) mass is 559 g/mol. The summed E-state index contributed by atoms with van der Waals surface area (Å²) in [5.41, 5.74) is 13.0. The molecule has 0 aliphatic heterocycles. The van der Waals surface area contributed by atoms with Gasteiger partial charge >= 0.3 is 0 Å². The standard InChI is InChI=1S/C35H37N5O2/c1-23(34(37)42)19-24-9-8-10-25(20-24)21-39-32(27-13-6-3-7-14-27)30(26-11-4-2-5-12-26)31-33(36)40(22-38-35(31)39)28-15-17-29(41)18-16-28/h2-14,20,22-23,28-29,36,41H,15-19,21H2,1H3,(H2,37,42)/t23?,28-,29-. The van der Waals surface area contributed by atoms with Crippen molar-refractivity contribution in [1.29, 1.82) is 5.41 Å². The van der Waals surface area contributed by atoms with Crippen molar-refractivity contribution in [1.82, 2.24) is 14.1 Å². The van der Waals surface area contributed by atoms with E-state index in [9.17, 15) is 15.3 Å². The van der Waals surface area contributed by atoms with Gasteiger partial charge in [-0.25, -0.2) is 4.98 Å². The summed E-state index contributed by atoms with van der Waals surface area (Å²) in [7, 11) is 0. The topological polar surface area (TPSA) is 110 Å². The van der Waals surface area contributed by atoms with E-state index in [2.05, 4.69) is 41.0 Å². The van der Waals surface area contributed by atoms with Crippen molar-refractivity contribution in [2.75, 3.05) is 0 Å². The van der Waals surface area contributed by atoms with Crippen LogP contribution in [0.1, 0.15) is 49.8 Å². The Morgan fingerprint density at radius 1 is 0.952 bits per heavy atom. The first-order valence-corrected chi connectivity index (χ1v) is 14.7. The minimum atomic E-state index is -0.302. The van der Waals surface area contributed by atoms with Gasteiger partial charge in [-0.2, -0.15) is 0 Å². The second kappa shape index (κ2) is 11.8. The van der Waals surface area contributed by atoms with Gasteiger partial charge in [-0.05, 0) is 54.4 Å². The Morgan fingerprint density at radius 3 is 2.26 bits per heavy atom. The number of amides is 1. The fraction of sp³-hybridized carbons (Fsp3) is 0.286. The fourth-order valence-corrected chi connectivity index (χ4v) is 6.31. The molecule has 1 amide bonds. The molecule has 0 radical (unpaired) electrons. The van der Waals surface area contributed by atoms with Crippen LogP contribution in [0.25, 0.3) is 33.4 Å². The number of aliphatic hydroxyl groups is 1. The lowest BCUT2D eigenvalue weighted by atomic mass is 9.93. The van der Waals surface area contributed by atoms with Crippen molar-refractivity contribution in [3.8, 4) is 22.4 Å². The van der Waals surface area contributed by atoms with Gasteiger partial charge in [0.2, 0.25) is 5.91 Å². The zero-order valence-electron chi connectivity index (χ0n) is 23.9. The molecule has 2 aromatic heterocycles. The maximum atomic E-state index is 11.7. The maximum Gasteiger partial charge on any atom is 0.220 e. The zero-order valence-corrected chi connectivity index (χ0v) is 23.9. The Balaban J connectivity index is 1.57. The number of carbonyl (C=O) groups is 1. The number of nitrogens with one attached hydrogen (secondary N) is 1. The van der Waals surface area contributed by atoms with E-state index in [1.807, 2.05) is 66.3 Å². The average molecular weight is 560 g/mol. The highest BCUT2D eigenvalue weighted by molar-refractivity contribution is 6.02. The molecule has 7 heteroatoms. The lowest BCUT2D eigenvalue weighted by Gasteiger charge is -2.27. The molecule has 1 unspecified atom stereocenters. The first-order chi connectivity index (χ1) is 20.4. The van der Waals surface area contributed by atoms with E-state index >= 15 is 0 Å². The van der Waals surface area contributed by atoms with Gasteiger partial charge < -0.3 is 20.0 Å². The van der Waals surface area contributed by atoms with E-state index in [0.29, 0.717) is 18.5 Å². The summed E-state index contributed by atoms with van der Waals surface area (Å²) in [5, 5.41) is 20.5. The number of primary amides is 1. The number of aromatic nitrogens is 3. The lowest BCUT2D eigenvalue weighted by molar-refractivity contribution is -0.121. The van der Waals surface area contributed by atoms with Gasteiger partial charge in [-0.1, -0.05) is 91.9 Å². The molecule has 1 fully saturated rings. The van der Waals surface area contributed by atoms with E-state index in [-0.39, 0.29) is 24.0 Å². The third-order valence-corrected chi connectivity index (χ3v) is 8.56. The van der Waals surface area contributed by atoms with Crippen LogP contribution in [0.5, 0.6) is 0 Å². The molecule has 1 atom stereocenters. The van der Waals surface area contributed by atoms with Crippen molar-refractivity contribution >= 4 is 16.9 Å². The first kappa shape index (κ1) is 27.7. The summed E-state index contributed by atoms with van der Waals surface area (Å²) < 4.78 is 4.24. The molecule has 1 aliphatic rings. The van der Waals surface area contributed by atoms with Crippen molar-refractivity contribution in [2.24, 2.45) is 11.7 Å². The van der Waals surface area contributed by atoms with E-state index in [0.717, 1.165) is 70.2 Å². The molecule has 42 heavy (non-hydrogen) atoms. The van der Waals surface area contributed by atoms with Crippen LogP contribution >= 0.6 is 0 Å². The van der Waals surface area contributed by atoms with Gasteiger partial charge in [0.25, 0.3) is 0 Å². The summed E-state index contributed by atoms with van der Waals surface area (Å²) in [6, 6.07) is 29.0. The molecule has 0 saturated heterocycles. The molecule has 1 aliphatic carbocycles. The predicted octanol–water partition coefficient (Wildman–Crippen LogP) is 5.84. The van der Waals surface area contributed by atoms with E-state index < -0.39 is 0 Å². The minimum absolute atomic E-state index is 0.133. The summed E-state index contributed by atoms with van der Waals surface area (Å²) in [6.07, 6.45) is 5.27. The van der Waals surface area contributed by atoms with Crippen LogP contribution < -0.4 is 11.2 Å². The SMILES string of the molecule is CC(Cc1cccc(Cn2c(-c3ccccc3)c(-c3ccccc3)c3c(=N)n([C@H]4CC[C@H](O)CC4)cnc32)c1)C(N)=O. The number of hydrogen-bond acceptors (Lipinski definition) is 4. The van der Waals surface area contributed by atoms with Gasteiger partial charge in [0.1, 0.15) is 11.1 Å². The van der Waals surface area contributed by atoms with Crippen LogP contribution in [0, 0.1) is 11.3 Å². The fourth-order valence-electron chi connectivity index (χ4n) is 6.31. The van der Waals surface area contributed by atoms with Gasteiger partial charge in [0.05, 0.1) is 23.5 Å². The summed E-state index contributed by atoms with van der Waals surface area (Å²) in [5.74, 6) is -0.551. The highest BCUT2D eigenvalue weighted by Gasteiger charge is 2.26. The molecule has 3 aromatic carbocycles. The summed E-state index contributed by atoms with van der Waals surface area (Å²) in [4.78, 5) is 16.8. The van der Waals surface area contributed by atoms with Gasteiger partial charge in [-0.3, -0.25) is 10.2 Å². The lowest BCUT2D eigenvalue weighted by Crippen LogP contribution is -2.29.